The van der Waals surface area contributed by atoms with Crippen molar-refractivity contribution in [2.45, 2.75) is 37.7 Å². The average Bonchev–Trinajstić information content (AvgIpc) is 2.83. The highest BCUT2D eigenvalue weighted by Crippen LogP contribution is 2.40. The maximum atomic E-state index is 12.6. The van der Waals surface area contributed by atoms with Crippen LogP contribution < -0.4 is 10.1 Å². The highest BCUT2D eigenvalue weighted by atomic mass is 35.5. The molecule has 2 amide bonds. The number of nitrogens with zero attached hydrogens (tertiary/aromatic N) is 1. The molecule has 1 saturated heterocycles. The van der Waals surface area contributed by atoms with Crippen molar-refractivity contribution in [3.05, 3.63) is 41.6 Å². The van der Waals surface area contributed by atoms with Crippen molar-refractivity contribution in [1.29, 1.82) is 0 Å². The number of nitrogens with one attached hydrogen (secondary N) is 1. The minimum atomic E-state index is -0.721. The Bertz CT molecular complexity index is 812. The van der Waals surface area contributed by atoms with Crippen molar-refractivity contribution in [2.75, 3.05) is 26.2 Å². The summed E-state index contributed by atoms with van der Waals surface area (Å²) >= 11 is 5.98. The van der Waals surface area contributed by atoms with Crippen LogP contribution in [-0.4, -0.2) is 54.3 Å². The van der Waals surface area contributed by atoms with Gasteiger partial charge in [-0.1, -0.05) is 18.2 Å². The first kappa shape index (κ1) is 21.2. The number of hydrogen-bond donors (Lipinski definition) is 1. The van der Waals surface area contributed by atoms with Gasteiger partial charge in [0.05, 0.1) is 31.4 Å². The molecule has 29 heavy (non-hydrogen) atoms. The fourth-order valence-corrected chi connectivity index (χ4v) is 3.86. The third-order valence-electron chi connectivity index (χ3n) is 5.25. The second-order valence-corrected chi connectivity index (χ2v) is 7.77. The number of fused-ring (bicyclic) bond motifs is 1. The normalized spacial score (nSPS) is 21.2. The molecule has 0 bridgehead atoms. The number of carbonyl (C=O) groups excluding carboxylic acids is 3. The van der Waals surface area contributed by atoms with E-state index >= 15 is 0 Å². The molecule has 2 aliphatic rings. The molecule has 7 nitrogen and oxygen atoms in total. The lowest BCUT2D eigenvalue weighted by atomic mass is 9.84. The van der Waals surface area contributed by atoms with Crippen LogP contribution in [-0.2, 0) is 14.3 Å². The van der Waals surface area contributed by atoms with Gasteiger partial charge in [-0.05, 0) is 31.0 Å². The van der Waals surface area contributed by atoms with Crippen LogP contribution in [0.3, 0.4) is 0 Å². The van der Waals surface area contributed by atoms with E-state index in [1.165, 1.54) is 11.2 Å². The summed E-state index contributed by atoms with van der Waals surface area (Å²) in [5.41, 5.74) is -0.240. The summed E-state index contributed by atoms with van der Waals surface area (Å²) in [6, 6.07) is 5.00. The zero-order chi connectivity index (χ0) is 20.9. The number of hydrogen-bond acceptors (Lipinski definition) is 5. The zero-order valence-corrected chi connectivity index (χ0v) is 17.0. The van der Waals surface area contributed by atoms with E-state index in [2.05, 4.69) is 11.9 Å². The Labute approximate surface area is 175 Å². The Morgan fingerprint density at radius 1 is 1.38 bits per heavy atom. The molecule has 1 aromatic rings. The number of rotatable bonds is 7. The minimum absolute atomic E-state index is 0.00261. The van der Waals surface area contributed by atoms with Crippen LogP contribution in [0, 0.1) is 0 Å². The number of halogens is 1. The number of likely N-dealkylation sites (tertiary alicyclic amines) is 1. The van der Waals surface area contributed by atoms with E-state index in [1.807, 2.05) is 0 Å². The van der Waals surface area contributed by atoms with Gasteiger partial charge in [-0.25, -0.2) is 0 Å². The van der Waals surface area contributed by atoms with Crippen molar-refractivity contribution in [1.82, 2.24) is 10.2 Å². The van der Waals surface area contributed by atoms with Gasteiger partial charge in [0.1, 0.15) is 11.4 Å². The Balaban J connectivity index is 1.58. The van der Waals surface area contributed by atoms with Crippen LogP contribution in [0.2, 0.25) is 5.02 Å². The van der Waals surface area contributed by atoms with E-state index < -0.39 is 5.60 Å². The van der Waals surface area contributed by atoms with E-state index in [1.54, 1.807) is 18.2 Å². The monoisotopic (exact) mass is 420 g/mol. The Kier molecular flexibility index (Phi) is 6.79. The molecule has 156 valence electrons. The number of ether oxygens (including phenoxy) is 2. The SMILES string of the molecule is C=COCCCNC(=O)CN1CCC2(CCC1=O)CC(=O)c1cc(Cl)ccc1O2. The van der Waals surface area contributed by atoms with Gasteiger partial charge in [-0.2, -0.15) is 0 Å². The van der Waals surface area contributed by atoms with Crippen LogP contribution in [0.25, 0.3) is 0 Å². The largest absolute Gasteiger partial charge is 0.502 e. The molecule has 1 N–H and O–H groups in total. The second-order valence-electron chi connectivity index (χ2n) is 7.33. The molecule has 8 heteroatoms. The van der Waals surface area contributed by atoms with E-state index in [0.29, 0.717) is 55.3 Å². The van der Waals surface area contributed by atoms with Crippen molar-refractivity contribution >= 4 is 29.2 Å². The molecule has 0 aliphatic carbocycles. The molecular formula is C21H25ClN2O5. The summed E-state index contributed by atoms with van der Waals surface area (Å²) in [7, 11) is 0. The standard InChI is InChI=1S/C21H25ClN2O5/c1-2-28-11-3-9-23-19(26)14-24-10-8-21(7-6-20(24)27)13-17(25)16-12-15(22)4-5-18(16)29-21/h2,4-5,12H,1,3,6-11,13-14H2,(H,23,26). The van der Waals surface area contributed by atoms with E-state index in [0.717, 1.165) is 0 Å². The van der Waals surface area contributed by atoms with Gasteiger partial charge in [0.2, 0.25) is 11.8 Å². The molecule has 1 fully saturated rings. The van der Waals surface area contributed by atoms with Crippen molar-refractivity contribution in [3.63, 3.8) is 0 Å². The molecule has 1 unspecified atom stereocenters. The predicted octanol–water partition coefficient (Wildman–Crippen LogP) is 2.72. The molecule has 1 aromatic carbocycles. The lowest BCUT2D eigenvalue weighted by molar-refractivity contribution is -0.135. The smallest absolute Gasteiger partial charge is 0.239 e. The summed E-state index contributed by atoms with van der Waals surface area (Å²) in [5, 5.41) is 3.27. The molecule has 0 radical (unpaired) electrons. The highest BCUT2D eigenvalue weighted by molar-refractivity contribution is 6.31. The zero-order valence-electron chi connectivity index (χ0n) is 16.2. The van der Waals surface area contributed by atoms with E-state index in [4.69, 9.17) is 21.1 Å². The predicted molar refractivity (Wildman–Crippen MR) is 108 cm³/mol. The second kappa shape index (κ2) is 9.31. The summed E-state index contributed by atoms with van der Waals surface area (Å²) in [6.45, 7) is 4.76. The van der Waals surface area contributed by atoms with E-state index in [9.17, 15) is 14.4 Å². The first-order valence-electron chi connectivity index (χ1n) is 9.71. The molecule has 0 saturated carbocycles. The maximum absolute atomic E-state index is 12.6. The molecule has 2 aliphatic heterocycles. The van der Waals surface area contributed by atoms with Gasteiger partial charge >= 0.3 is 0 Å². The van der Waals surface area contributed by atoms with Crippen LogP contribution in [0.1, 0.15) is 42.5 Å². The first-order valence-corrected chi connectivity index (χ1v) is 10.1. The average molecular weight is 421 g/mol. The molecule has 1 spiro atoms. The van der Waals surface area contributed by atoms with Gasteiger partial charge < -0.3 is 19.7 Å². The van der Waals surface area contributed by atoms with Gasteiger partial charge in [0.25, 0.3) is 0 Å². The minimum Gasteiger partial charge on any atom is -0.502 e. The first-order chi connectivity index (χ1) is 13.9. The maximum Gasteiger partial charge on any atom is 0.239 e. The summed E-state index contributed by atoms with van der Waals surface area (Å²) in [4.78, 5) is 38.8. The molecule has 2 heterocycles. The highest BCUT2D eigenvalue weighted by Gasteiger charge is 2.43. The van der Waals surface area contributed by atoms with Crippen molar-refractivity contribution in [3.8, 4) is 5.75 Å². The molecule has 1 atom stereocenters. The quantitative estimate of drug-likeness (QED) is 0.541. The number of benzene rings is 1. The van der Waals surface area contributed by atoms with Crippen LogP contribution in [0.5, 0.6) is 5.75 Å². The Morgan fingerprint density at radius 3 is 3.00 bits per heavy atom. The van der Waals surface area contributed by atoms with Gasteiger partial charge in [-0.3, -0.25) is 14.4 Å². The summed E-state index contributed by atoms with van der Waals surface area (Å²) in [6.07, 6.45) is 3.39. The third kappa shape index (κ3) is 5.29. The lowest BCUT2D eigenvalue weighted by Crippen LogP contribution is -2.44. The van der Waals surface area contributed by atoms with Gasteiger partial charge in [-0.15, -0.1) is 0 Å². The molecule has 3 rings (SSSR count). The summed E-state index contributed by atoms with van der Waals surface area (Å²) < 4.78 is 11.2. The third-order valence-corrected chi connectivity index (χ3v) is 5.48. The van der Waals surface area contributed by atoms with Gasteiger partial charge in [0.15, 0.2) is 5.78 Å². The number of amides is 2. The fraction of sp³-hybridized carbons (Fsp3) is 0.476. The van der Waals surface area contributed by atoms with Crippen LogP contribution in [0.15, 0.2) is 31.0 Å². The molecular weight excluding hydrogens is 396 g/mol. The number of carbonyl (C=O) groups is 3. The van der Waals surface area contributed by atoms with E-state index in [-0.39, 0.29) is 37.0 Å². The topological polar surface area (TPSA) is 84.9 Å². The van der Waals surface area contributed by atoms with Crippen LogP contribution >= 0.6 is 11.6 Å². The Hall–Kier alpha value is -2.54. The fourth-order valence-electron chi connectivity index (χ4n) is 3.69. The number of Topliss-reactive ketones (excluding diaryl/α,β-unsaturated/α-hetero) is 1. The number of ketones is 1. The van der Waals surface area contributed by atoms with Gasteiger partial charge in [0, 0.05) is 31.0 Å². The van der Waals surface area contributed by atoms with Crippen LogP contribution in [0.4, 0.5) is 0 Å². The lowest BCUT2D eigenvalue weighted by Gasteiger charge is -2.37. The van der Waals surface area contributed by atoms with Crippen molar-refractivity contribution in [2.24, 2.45) is 0 Å². The summed E-state index contributed by atoms with van der Waals surface area (Å²) in [5.74, 6) is 0.152. The Morgan fingerprint density at radius 2 is 2.21 bits per heavy atom. The molecule has 0 aromatic heterocycles. The van der Waals surface area contributed by atoms with Crippen molar-refractivity contribution < 1.29 is 23.9 Å².